The van der Waals surface area contributed by atoms with Crippen molar-refractivity contribution in [3.8, 4) is 22.3 Å². The predicted octanol–water partition coefficient (Wildman–Crippen LogP) is 8.15. The van der Waals surface area contributed by atoms with Crippen LogP contribution in [-0.4, -0.2) is 0 Å². The Morgan fingerprint density at radius 2 is 1.27 bits per heavy atom. The number of benzene rings is 4. The van der Waals surface area contributed by atoms with E-state index in [9.17, 15) is 0 Å². The Morgan fingerprint density at radius 1 is 0.538 bits per heavy atom. The van der Waals surface area contributed by atoms with Crippen molar-refractivity contribution in [3.63, 3.8) is 0 Å². The average molecular weight is 415 g/mol. The summed E-state index contributed by atoms with van der Waals surface area (Å²) in [5, 5.41) is 2.69. The summed E-state index contributed by atoms with van der Waals surface area (Å²) < 4.78 is 3.81. The van der Waals surface area contributed by atoms with E-state index in [2.05, 4.69) is 101 Å². The van der Waals surface area contributed by atoms with E-state index in [0.29, 0.717) is 0 Å². The van der Waals surface area contributed by atoms with Gasteiger partial charge in [-0.3, -0.25) is 0 Å². The van der Waals surface area contributed by atoms with E-state index in [-0.39, 0.29) is 0 Å². The molecule has 4 aromatic carbocycles. The van der Waals surface area contributed by atoms with Gasteiger partial charge in [0.1, 0.15) is 0 Å². The first kappa shape index (κ1) is 15.8. The topological polar surface area (TPSA) is 0 Å². The molecule has 0 radical (unpaired) electrons. The molecule has 0 bridgehead atoms. The first-order valence-electron chi connectivity index (χ1n) is 8.56. The molecule has 124 valence electrons. The zero-order valence-corrected chi connectivity index (χ0v) is 16.3. The van der Waals surface area contributed by atoms with E-state index in [4.69, 9.17) is 0 Å². The molecule has 2 heteroatoms. The van der Waals surface area contributed by atoms with E-state index >= 15 is 0 Å². The van der Waals surface area contributed by atoms with Crippen molar-refractivity contribution in [2.45, 2.75) is 0 Å². The van der Waals surface area contributed by atoms with E-state index in [1.807, 2.05) is 17.4 Å². The highest BCUT2D eigenvalue weighted by Crippen LogP contribution is 2.37. The van der Waals surface area contributed by atoms with Crippen molar-refractivity contribution in [1.29, 1.82) is 0 Å². The molecule has 5 aromatic rings. The van der Waals surface area contributed by atoms with E-state index in [1.165, 1.54) is 42.4 Å². The summed E-state index contributed by atoms with van der Waals surface area (Å²) in [5.41, 5.74) is 4.95. The molecule has 0 N–H and O–H groups in total. The van der Waals surface area contributed by atoms with E-state index < -0.39 is 0 Å². The van der Waals surface area contributed by atoms with Crippen LogP contribution in [0.25, 0.3) is 42.4 Å². The van der Waals surface area contributed by atoms with Crippen LogP contribution in [0.3, 0.4) is 0 Å². The maximum Gasteiger partial charge on any atom is 0.0355 e. The second-order valence-electron chi connectivity index (χ2n) is 6.37. The monoisotopic (exact) mass is 414 g/mol. The lowest BCUT2D eigenvalue weighted by atomic mass is 9.98. The molecule has 0 aliphatic rings. The van der Waals surface area contributed by atoms with E-state index in [0.717, 1.165) is 4.47 Å². The third-order valence-electron chi connectivity index (χ3n) is 4.76. The van der Waals surface area contributed by atoms with Gasteiger partial charge in [-0.05, 0) is 52.6 Å². The van der Waals surface area contributed by atoms with Crippen molar-refractivity contribution >= 4 is 47.4 Å². The molecule has 0 aliphatic carbocycles. The Labute approximate surface area is 164 Å². The highest BCUT2D eigenvalue weighted by molar-refractivity contribution is 9.10. The maximum absolute atomic E-state index is 3.67. The van der Waals surface area contributed by atoms with Crippen molar-refractivity contribution in [2.75, 3.05) is 0 Å². The summed E-state index contributed by atoms with van der Waals surface area (Å²) >= 11 is 5.53. The van der Waals surface area contributed by atoms with Gasteiger partial charge in [0.2, 0.25) is 0 Å². The molecule has 0 saturated carbocycles. The molecule has 0 saturated heterocycles. The predicted molar refractivity (Wildman–Crippen MR) is 118 cm³/mol. The lowest BCUT2D eigenvalue weighted by Gasteiger charge is -2.08. The Balaban J connectivity index is 1.67. The zero-order chi connectivity index (χ0) is 17.5. The Hall–Kier alpha value is -2.42. The third-order valence-corrected chi connectivity index (χ3v) is 6.60. The van der Waals surface area contributed by atoms with Crippen LogP contribution in [0.15, 0.2) is 95.5 Å². The van der Waals surface area contributed by atoms with Crippen molar-refractivity contribution in [3.05, 3.63) is 95.5 Å². The molecule has 0 nitrogen and oxygen atoms in total. The molecule has 26 heavy (non-hydrogen) atoms. The molecular weight excluding hydrogens is 400 g/mol. The summed E-state index contributed by atoms with van der Waals surface area (Å²) in [6, 6.07) is 32.6. The van der Waals surface area contributed by atoms with Gasteiger partial charge >= 0.3 is 0 Å². The number of hydrogen-bond acceptors (Lipinski definition) is 1. The van der Waals surface area contributed by atoms with Crippen molar-refractivity contribution in [2.24, 2.45) is 0 Å². The van der Waals surface area contributed by atoms with Crippen LogP contribution in [0.5, 0.6) is 0 Å². The largest absolute Gasteiger partial charge is 0.135 e. The van der Waals surface area contributed by atoms with Gasteiger partial charge in [0.15, 0.2) is 0 Å². The molecule has 1 aromatic heterocycles. The molecule has 0 fully saturated rings. The number of fused-ring (bicyclic) bond motifs is 3. The number of thiophene rings is 1. The van der Waals surface area contributed by atoms with Gasteiger partial charge in [0, 0.05) is 24.6 Å². The fourth-order valence-electron chi connectivity index (χ4n) is 3.47. The van der Waals surface area contributed by atoms with Crippen LogP contribution in [0.4, 0.5) is 0 Å². The standard InChI is InChI=1S/C24H15BrS/c25-22-10-3-1-8-19(22)18-7-5-6-16(14-18)17-12-13-24-21(15-17)20-9-2-4-11-23(20)26-24/h1-15H. The lowest BCUT2D eigenvalue weighted by molar-refractivity contribution is 1.57. The minimum atomic E-state index is 1.12. The van der Waals surface area contributed by atoms with Gasteiger partial charge < -0.3 is 0 Å². The highest BCUT2D eigenvalue weighted by Gasteiger charge is 2.08. The second kappa shape index (κ2) is 6.39. The van der Waals surface area contributed by atoms with E-state index in [1.54, 1.807) is 0 Å². The fraction of sp³-hybridized carbons (Fsp3) is 0. The molecule has 0 atom stereocenters. The first-order chi connectivity index (χ1) is 12.8. The quantitative estimate of drug-likeness (QED) is 0.273. The minimum Gasteiger partial charge on any atom is -0.135 e. The Morgan fingerprint density at radius 3 is 2.19 bits per heavy atom. The smallest absolute Gasteiger partial charge is 0.0355 e. The van der Waals surface area contributed by atoms with Gasteiger partial charge in [-0.15, -0.1) is 11.3 Å². The summed E-state index contributed by atoms with van der Waals surface area (Å²) in [6.07, 6.45) is 0. The molecule has 0 amide bonds. The second-order valence-corrected chi connectivity index (χ2v) is 8.31. The lowest BCUT2D eigenvalue weighted by Crippen LogP contribution is -1.82. The van der Waals surface area contributed by atoms with Crippen LogP contribution in [-0.2, 0) is 0 Å². The first-order valence-corrected chi connectivity index (χ1v) is 10.2. The van der Waals surface area contributed by atoms with Crippen LogP contribution >= 0.6 is 27.3 Å². The van der Waals surface area contributed by atoms with Gasteiger partial charge in [0.25, 0.3) is 0 Å². The maximum atomic E-state index is 3.67. The number of hydrogen-bond donors (Lipinski definition) is 0. The SMILES string of the molecule is Brc1ccccc1-c1cccc(-c2ccc3sc4ccccc4c3c2)c1. The van der Waals surface area contributed by atoms with Crippen LogP contribution < -0.4 is 0 Å². The van der Waals surface area contributed by atoms with Gasteiger partial charge in [-0.1, -0.05) is 76.6 Å². The normalized spacial score (nSPS) is 11.3. The fourth-order valence-corrected chi connectivity index (χ4v) is 5.07. The molecule has 5 rings (SSSR count). The number of rotatable bonds is 2. The summed E-state index contributed by atoms with van der Waals surface area (Å²) in [7, 11) is 0. The van der Waals surface area contributed by atoms with Gasteiger partial charge in [-0.2, -0.15) is 0 Å². The van der Waals surface area contributed by atoms with Crippen LogP contribution in [0.2, 0.25) is 0 Å². The third kappa shape index (κ3) is 2.66. The summed E-state index contributed by atoms with van der Waals surface area (Å²) in [4.78, 5) is 0. The van der Waals surface area contributed by atoms with Crippen molar-refractivity contribution < 1.29 is 0 Å². The van der Waals surface area contributed by atoms with Crippen LogP contribution in [0.1, 0.15) is 0 Å². The summed E-state index contributed by atoms with van der Waals surface area (Å²) in [5.74, 6) is 0. The Kier molecular flexibility index (Phi) is 3.88. The van der Waals surface area contributed by atoms with Gasteiger partial charge in [0.05, 0.1) is 0 Å². The van der Waals surface area contributed by atoms with Crippen molar-refractivity contribution in [1.82, 2.24) is 0 Å². The molecule has 0 aliphatic heterocycles. The zero-order valence-electron chi connectivity index (χ0n) is 13.9. The molecule has 0 spiro atoms. The molecule has 1 heterocycles. The average Bonchev–Trinajstić information content (AvgIpc) is 3.06. The minimum absolute atomic E-state index is 1.12. The Bertz CT molecular complexity index is 1250. The number of halogens is 1. The molecular formula is C24H15BrS. The summed E-state index contributed by atoms with van der Waals surface area (Å²) in [6.45, 7) is 0. The van der Waals surface area contributed by atoms with Gasteiger partial charge in [-0.25, -0.2) is 0 Å². The molecule has 0 unspecified atom stereocenters. The highest BCUT2D eigenvalue weighted by atomic mass is 79.9. The van der Waals surface area contributed by atoms with Crippen LogP contribution in [0, 0.1) is 0 Å².